The van der Waals surface area contributed by atoms with Crippen LogP contribution in [0, 0.1) is 4.51 Å². The molecular weight excluding hydrogens is 318 g/mol. The molecule has 0 N–H and O–H groups in total. The number of benzene rings is 2. The molecule has 0 radical (unpaired) electrons. The van der Waals surface area contributed by atoms with E-state index in [1.54, 1.807) is 14.2 Å². The summed E-state index contributed by atoms with van der Waals surface area (Å²) in [5, 5.41) is 0. The fourth-order valence-electron chi connectivity index (χ4n) is 2.70. The van der Waals surface area contributed by atoms with Crippen molar-refractivity contribution in [3.05, 3.63) is 65.4 Å². The van der Waals surface area contributed by atoms with Gasteiger partial charge in [0, 0.05) is 30.6 Å². The maximum absolute atomic E-state index is 5.78. The Morgan fingerprint density at radius 1 is 0.792 bits per heavy atom. The lowest BCUT2D eigenvalue weighted by Crippen LogP contribution is -1.95. The Morgan fingerprint density at radius 2 is 1.25 bits per heavy atom. The van der Waals surface area contributed by atoms with Crippen molar-refractivity contribution in [1.29, 1.82) is 0 Å². The van der Waals surface area contributed by atoms with Gasteiger partial charge in [-0.05, 0) is 35.4 Å². The van der Waals surface area contributed by atoms with Crippen LogP contribution in [-0.2, 0) is 7.05 Å². The van der Waals surface area contributed by atoms with Crippen LogP contribution in [0.25, 0.3) is 22.3 Å². The zero-order valence-electron chi connectivity index (χ0n) is 13.9. The monoisotopic (exact) mass is 337 g/mol. The lowest BCUT2D eigenvalue weighted by atomic mass is 10.0. The van der Waals surface area contributed by atoms with E-state index < -0.39 is 0 Å². The molecule has 0 aliphatic carbocycles. The maximum Gasteiger partial charge on any atom is 0.119 e. The first-order chi connectivity index (χ1) is 11.6. The van der Waals surface area contributed by atoms with Crippen LogP contribution < -0.4 is 9.47 Å². The molecule has 4 heteroatoms. The molecule has 0 atom stereocenters. The van der Waals surface area contributed by atoms with Gasteiger partial charge in [-0.25, -0.2) is 0 Å². The molecule has 0 saturated heterocycles. The van der Waals surface area contributed by atoms with E-state index >= 15 is 0 Å². The van der Waals surface area contributed by atoms with Crippen molar-refractivity contribution in [1.82, 2.24) is 4.57 Å². The molecule has 0 spiro atoms. The van der Waals surface area contributed by atoms with Crippen LogP contribution in [0.2, 0.25) is 0 Å². The molecule has 0 unspecified atom stereocenters. The molecule has 3 nitrogen and oxygen atoms in total. The first-order valence-electron chi connectivity index (χ1n) is 7.61. The minimum atomic E-state index is 0.814. The first kappa shape index (κ1) is 16.3. The summed E-state index contributed by atoms with van der Waals surface area (Å²) in [6.07, 6.45) is 4.08. The lowest BCUT2D eigenvalue weighted by molar-refractivity contribution is 0.415. The smallest absolute Gasteiger partial charge is 0.119 e. The van der Waals surface area contributed by atoms with Crippen LogP contribution in [0.1, 0.15) is 0 Å². The summed E-state index contributed by atoms with van der Waals surface area (Å²) in [5.41, 5.74) is 4.10. The number of aryl methyl sites for hydroxylation is 1. The zero-order chi connectivity index (χ0) is 17.1. The average Bonchev–Trinajstić information content (AvgIpc) is 2.63. The van der Waals surface area contributed by atoms with Crippen molar-refractivity contribution in [3.63, 3.8) is 0 Å². The number of pyridine rings is 1. The zero-order valence-corrected chi connectivity index (χ0v) is 14.8. The second-order valence-electron chi connectivity index (χ2n) is 5.54. The molecule has 2 aromatic carbocycles. The second kappa shape index (κ2) is 6.89. The Morgan fingerprint density at radius 3 is 1.67 bits per heavy atom. The van der Waals surface area contributed by atoms with Crippen LogP contribution in [0.15, 0.2) is 60.9 Å². The van der Waals surface area contributed by atoms with Crippen LogP contribution in [0.4, 0.5) is 0 Å². The van der Waals surface area contributed by atoms with E-state index in [1.165, 1.54) is 0 Å². The Kier molecular flexibility index (Phi) is 4.67. The first-order valence-corrected chi connectivity index (χ1v) is 8.02. The number of rotatable bonds is 4. The normalized spacial score (nSPS) is 10.5. The fraction of sp³-hybridized carbons (Fsp3) is 0.150. The number of hydrogen-bond acceptors (Lipinski definition) is 3. The number of methoxy groups -OCH3 is 2. The maximum atomic E-state index is 5.78. The van der Waals surface area contributed by atoms with Crippen LogP contribution >= 0.6 is 12.2 Å². The largest absolute Gasteiger partial charge is 0.497 e. The summed E-state index contributed by atoms with van der Waals surface area (Å²) < 4.78 is 13.5. The third kappa shape index (κ3) is 3.19. The minimum absolute atomic E-state index is 0.814. The highest BCUT2D eigenvalue weighted by molar-refractivity contribution is 7.71. The van der Waals surface area contributed by atoms with Crippen LogP contribution in [0.3, 0.4) is 0 Å². The predicted octanol–water partition coefficient (Wildman–Crippen LogP) is 5.11. The molecule has 0 aliphatic rings. The van der Waals surface area contributed by atoms with Crippen molar-refractivity contribution >= 4 is 12.2 Å². The van der Waals surface area contributed by atoms with E-state index in [2.05, 4.69) is 0 Å². The van der Waals surface area contributed by atoms with E-state index in [9.17, 15) is 0 Å². The van der Waals surface area contributed by atoms with E-state index in [-0.39, 0.29) is 0 Å². The molecule has 1 heterocycles. The van der Waals surface area contributed by atoms with E-state index in [0.717, 1.165) is 38.3 Å². The second-order valence-corrected chi connectivity index (χ2v) is 5.95. The molecule has 3 rings (SSSR count). The van der Waals surface area contributed by atoms with E-state index in [4.69, 9.17) is 21.7 Å². The summed E-state index contributed by atoms with van der Waals surface area (Å²) in [4.78, 5) is 0. The molecule has 1 aromatic heterocycles. The summed E-state index contributed by atoms with van der Waals surface area (Å²) in [7, 11) is 5.34. The Labute approximate surface area is 147 Å². The van der Waals surface area contributed by atoms with E-state index in [0.29, 0.717) is 0 Å². The van der Waals surface area contributed by atoms with Gasteiger partial charge < -0.3 is 14.0 Å². The molecule has 0 fully saturated rings. The third-order valence-corrected chi connectivity index (χ3v) is 4.36. The number of hydrogen-bond donors (Lipinski definition) is 0. The molecule has 122 valence electrons. The van der Waals surface area contributed by atoms with Crippen molar-refractivity contribution in [3.8, 4) is 33.8 Å². The summed E-state index contributed by atoms with van der Waals surface area (Å²) >= 11 is 5.78. The quantitative estimate of drug-likeness (QED) is 0.618. The van der Waals surface area contributed by atoms with Gasteiger partial charge in [0.05, 0.1) is 18.7 Å². The average molecular weight is 337 g/mol. The van der Waals surface area contributed by atoms with Crippen LogP contribution in [0.5, 0.6) is 11.5 Å². The van der Waals surface area contributed by atoms with Gasteiger partial charge >= 0.3 is 0 Å². The predicted molar refractivity (Wildman–Crippen MR) is 100 cm³/mol. The molecule has 0 aliphatic heterocycles. The highest BCUT2D eigenvalue weighted by Crippen LogP contribution is 2.31. The SMILES string of the molecule is COc1cccc(-c2cn(C)cc(-c3cccc(OC)c3)c2=S)c1. The highest BCUT2D eigenvalue weighted by Gasteiger charge is 2.09. The summed E-state index contributed by atoms with van der Waals surface area (Å²) in [5.74, 6) is 1.63. The van der Waals surface area contributed by atoms with Gasteiger partial charge in [-0.1, -0.05) is 36.5 Å². The van der Waals surface area contributed by atoms with Crippen molar-refractivity contribution < 1.29 is 9.47 Å². The standard InChI is InChI=1S/C20H19NO2S/c1-21-12-18(14-6-4-8-16(10-14)22-2)20(24)19(13-21)15-7-5-9-17(11-15)23-3/h4-13H,1-3H3. The molecule has 24 heavy (non-hydrogen) atoms. The molecule has 0 saturated carbocycles. The summed E-state index contributed by atoms with van der Waals surface area (Å²) in [6, 6.07) is 15.9. The third-order valence-electron chi connectivity index (χ3n) is 3.92. The van der Waals surface area contributed by atoms with Gasteiger partial charge in [0.2, 0.25) is 0 Å². The topological polar surface area (TPSA) is 23.4 Å². The van der Waals surface area contributed by atoms with Crippen molar-refractivity contribution in [2.24, 2.45) is 7.05 Å². The van der Waals surface area contributed by atoms with E-state index in [1.807, 2.05) is 72.5 Å². The molecule has 0 amide bonds. The molecule has 0 bridgehead atoms. The number of aromatic nitrogens is 1. The minimum Gasteiger partial charge on any atom is -0.497 e. The number of ether oxygens (including phenoxy) is 2. The van der Waals surface area contributed by atoms with Crippen LogP contribution in [-0.4, -0.2) is 18.8 Å². The lowest BCUT2D eigenvalue weighted by Gasteiger charge is -2.12. The van der Waals surface area contributed by atoms with Gasteiger partial charge in [-0.15, -0.1) is 0 Å². The Bertz CT molecular complexity index is 859. The van der Waals surface area contributed by atoms with Gasteiger partial charge in [-0.2, -0.15) is 0 Å². The molecule has 3 aromatic rings. The van der Waals surface area contributed by atoms with Gasteiger partial charge in [0.1, 0.15) is 11.5 Å². The Balaban J connectivity index is 2.19. The number of nitrogens with zero attached hydrogens (tertiary/aromatic N) is 1. The van der Waals surface area contributed by atoms with Gasteiger partial charge in [-0.3, -0.25) is 0 Å². The van der Waals surface area contributed by atoms with Crippen molar-refractivity contribution in [2.45, 2.75) is 0 Å². The summed E-state index contributed by atoms with van der Waals surface area (Å²) in [6.45, 7) is 0. The van der Waals surface area contributed by atoms with Gasteiger partial charge in [0.25, 0.3) is 0 Å². The fourth-order valence-corrected chi connectivity index (χ4v) is 3.04. The Hall–Kier alpha value is -2.59. The highest BCUT2D eigenvalue weighted by atomic mass is 32.1. The van der Waals surface area contributed by atoms with Crippen molar-refractivity contribution in [2.75, 3.05) is 14.2 Å². The molecular formula is C20H19NO2S. The van der Waals surface area contributed by atoms with Gasteiger partial charge in [0.15, 0.2) is 0 Å².